The molecule has 0 spiro atoms. The second-order valence-electron chi connectivity index (χ2n) is 6.03. The number of benzene rings is 2. The maximum atomic E-state index is 12.3. The molecule has 0 radical (unpaired) electrons. The van der Waals surface area contributed by atoms with Crippen molar-refractivity contribution in [2.24, 2.45) is 0 Å². The van der Waals surface area contributed by atoms with E-state index in [1.807, 2.05) is 55.5 Å². The van der Waals surface area contributed by atoms with E-state index in [1.54, 1.807) is 0 Å². The van der Waals surface area contributed by atoms with E-state index in [9.17, 15) is 10.1 Å². The minimum atomic E-state index is -0.434. The summed E-state index contributed by atoms with van der Waals surface area (Å²) in [7, 11) is 0. The molecule has 2 N–H and O–H groups in total. The molecule has 1 amide bonds. The van der Waals surface area contributed by atoms with E-state index >= 15 is 0 Å². The number of carbonyl (C=O) groups is 1. The summed E-state index contributed by atoms with van der Waals surface area (Å²) in [6.07, 6.45) is 4.76. The lowest BCUT2D eigenvalue weighted by Gasteiger charge is -2.08. The Labute approximate surface area is 163 Å². The Morgan fingerprint density at radius 2 is 1.96 bits per heavy atom. The smallest absolute Gasteiger partial charge is 0.267 e. The summed E-state index contributed by atoms with van der Waals surface area (Å²) in [6.45, 7) is 4.11. The minimum absolute atomic E-state index is 0.0161. The van der Waals surface area contributed by atoms with Crippen LogP contribution in [0.3, 0.4) is 0 Å². The highest BCUT2D eigenvalue weighted by Crippen LogP contribution is 2.20. The van der Waals surface area contributed by atoms with Gasteiger partial charge < -0.3 is 10.6 Å². The molecule has 26 heavy (non-hydrogen) atoms. The van der Waals surface area contributed by atoms with Crippen LogP contribution in [-0.4, -0.2) is 5.91 Å². The molecule has 2 rings (SSSR count). The van der Waals surface area contributed by atoms with Crippen molar-refractivity contribution in [3.05, 3.63) is 69.8 Å². The highest BCUT2D eigenvalue weighted by atomic mass is 79.9. The zero-order valence-corrected chi connectivity index (χ0v) is 16.6. The molecule has 0 heterocycles. The van der Waals surface area contributed by atoms with E-state index in [0.717, 1.165) is 35.0 Å². The van der Waals surface area contributed by atoms with Gasteiger partial charge >= 0.3 is 0 Å². The molecule has 0 aliphatic rings. The first-order valence-corrected chi connectivity index (χ1v) is 9.36. The van der Waals surface area contributed by atoms with Gasteiger partial charge in [0, 0.05) is 22.0 Å². The summed E-state index contributed by atoms with van der Waals surface area (Å²) in [5.74, 6) is -0.434. The first kappa shape index (κ1) is 19.7. The zero-order chi connectivity index (χ0) is 18.9. The fraction of sp³-hybridized carbons (Fsp3) is 0.238. The van der Waals surface area contributed by atoms with Gasteiger partial charge in [-0.2, -0.15) is 5.26 Å². The monoisotopic (exact) mass is 411 g/mol. The molecule has 0 bridgehead atoms. The molecule has 0 saturated carbocycles. The van der Waals surface area contributed by atoms with E-state index in [4.69, 9.17) is 0 Å². The van der Waals surface area contributed by atoms with Crippen LogP contribution >= 0.6 is 15.9 Å². The lowest BCUT2D eigenvalue weighted by Crippen LogP contribution is -2.14. The van der Waals surface area contributed by atoms with E-state index in [1.165, 1.54) is 11.8 Å². The van der Waals surface area contributed by atoms with Crippen LogP contribution in [0.4, 0.5) is 11.4 Å². The third-order valence-electron chi connectivity index (χ3n) is 3.96. The number of nitriles is 1. The van der Waals surface area contributed by atoms with Crippen LogP contribution in [-0.2, 0) is 11.2 Å². The number of nitrogens with zero attached hydrogens (tertiary/aromatic N) is 1. The van der Waals surface area contributed by atoms with Crippen molar-refractivity contribution in [3.8, 4) is 6.07 Å². The first-order chi connectivity index (χ1) is 12.5. The number of hydrogen-bond acceptors (Lipinski definition) is 3. The van der Waals surface area contributed by atoms with Gasteiger partial charge in [0.15, 0.2) is 0 Å². The first-order valence-electron chi connectivity index (χ1n) is 8.56. The molecule has 0 aromatic heterocycles. The second kappa shape index (κ2) is 9.79. The van der Waals surface area contributed by atoms with Gasteiger partial charge in [0.1, 0.15) is 11.6 Å². The number of anilines is 2. The molecule has 0 unspecified atom stereocenters. The number of nitrogens with one attached hydrogen (secondary N) is 2. The van der Waals surface area contributed by atoms with Crippen molar-refractivity contribution < 1.29 is 4.79 Å². The van der Waals surface area contributed by atoms with Crippen molar-refractivity contribution in [2.75, 3.05) is 10.6 Å². The van der Waals surface area contributed by atoms with Crippen LogP contribution in [0.2, 0.25) is 0 Å². The van der Waals surface area contributed by atoms with E-state index in [0.29, 0.717) is 5.69 Å². The predicted octanol–water partition coefficient (Wildman–Crippen LogP) is 5.56. The Hall–Kier alpha value is -2.58. The maximum absolute atomic E-state index is 12.3. The van der Waals surface area contributed by atoms with E-state index in [2.05, 4.69) is 33.5 Å². The number of hydrogen-bond donors (Lipinski definition) is 2. The lowest BCUT2D eigenvalue weighted by atomic mass is 10.1. The molecule has 0 fully saturated rings. The van der Waals surface area contributed by atoms with Crippen molar-refractivity contribution in [2.45, 2.75) is 33.1 Å². The summed E-state index contributed by atoms with van der Waals surface area (Å²) < 4.78 is 0.977. The normalized spacial score (nSPS) is 10.9. The summed E-state index contributed by atoms with van der Waals surface area (Å²) in [5, 5.41) is 15.1. The number of aryl methyl sites for hydroxylation is 2. The molecule has 4 nitrogen and oxygen atoms in total. The van der Waals surface area contributed by atoms with Crippen molar-refractivity contribution >= 4 is 33.2 Å². The highest BCUT2D eigenvalue weighted by molar-refractivity contribution is 9.10. The third-order valence-corrected chi connectivity index (χ3v) is 4.45. The molecular formula is C21H22BrN3O. The van der Waals surface area contributed by atoms with Crippen LogP contribution < -0.4 is 10.6 Å². The van der Waals surface area contributed by atoms with Gasteiger partial charge in [0.25, 0.3) is 5.91 Å². The Balaban J connectivity index is 2.02. The molecule has 0 aliphatic heterocycles. The van der Waals surface area contributed by atoms with Crippen molar-refractivity contribution in [1.29, 1.82) is 5.26 Å². The minimum Gasteiger partial charge on any atom is -0.360 e. The standard InChI is InChI=1S/C21H22BrN3O/c1-3-4-5-16-6-9-19(10-7-16)25-21(26)17(13-23)14-24-20-11-8-18(22)12-15(20)2/h6-12,14,24H,3-5H2,1-2H3,(H,25,26)/b17-14-. The molecular weight excluding hydrogens is 390 g/mol. The molecule has 0 saturated heterocycles. The largest absolute Gasteiger partial charge is 0.360 e. The molecule has 0 atom stereocenters. The summed E-state index contributed by atoms with van der Waals surface area (Å²) >= 11 is 3.41. The second-order valence-corrected chi connectivity index (χ2v) is 6.94. The quantitative estimate of drug-likeness (QED) is 0.462. The molecule has 2 aromatic rings. The predicted molar refractivity (Wildman–Crippen MR) is 110 cm³/mol. The Morgan fingerprint density at radius 3 is 2.58 bits per heavy atom. The van der Waals surface area contributed by atoms with Gasteiger partial charge in [-0.05, 0) is 61.2 Å². The number of amides is 1. The summed E-state index contributed by atoms with van der Waals surface area (Å²) in [4.78, 5) is 12.3. The highest BCUT2D eigenvalue weighted by Gasteiger charge is 2.09. The SMILES string of the molecule is CCCCc1ccc(NC(=O)/C(C#N)=C\Nc2ccc(Br)cc2C)cc1. The van der Waals surface area contributed by atoms with Crippen LogP contribution in [0.1, 0.15) is 30.9 Å². The lowest BCUT2D eigenvalue weighted by molar-refractivity contribution is -0.112. The maximum Gasteiger partial charge on any atom is 0.267 e. The van der Waals surface area contributed by atoms with Gasteiger partial charge in [-0.3, -0.25) is 4.79 Å². The fourth-order valence-electron chi connectivity index (χ4n) is 2.42. The average molecular weight is 412 g/mol. The van der Waals surface area contributed by atoms with E-state index < -0.39 is 5.91 Å². The van der Waals surface area contributed by atoms with Gasteiger partial charge in [0.05, 0.1) is 0 Å². The summed E-state index contributed by atoms with van der Waals surface area (Å²) in [5.41, 5.74) is 3.79. The topological polar surface area (TPSA) is 64.9 Å². The van der Waals surface area contributed by atoms with Gasteiger partial charge in [-0.25, -0.2) is 0 Å². The Kier molecular flexibility index (Phi) is 7.43. The Morgan fingerprint density at radius 1 is 1.23 bits per heavy atom. The van der Waals surface area contributed by atoms with Crippen LogP contribution in [0.25, 0.3) is 0 Å². The van der Waals surface area contributed by atoms with Crippen LogP contribution in [0.15, 0.2) is 58.7 Å². The Bertz CT molecular complexity index is 835. The van der Waals surface area contributed by atoms with Crippen molar-refractivity contribution in [3.63, 3.8) is 0 Å². The number of unbranched alkanes of at least 4 members (excludes halogenated alkanes) is 1. The van der Waals surface area contributed by atoms with Gasteiger partial charge in [0.2, 0.25) is 0 Å². The number of carbonyl (C=O) groups excluding carboxylic acids is 1. The molecule has 134 valence electrons. The van der Waals surface area contributed by atoms with Crippen molar-refractivity contribution in [1.82, 2.24) is 0 Å². The number of rotatable bonds is 7. The third kappa shape index (κ3) is 5.75. The van der Waals surface area contributed by atoms with E-state index in [-0.39, 0.29) is 5.57 Å². The fourth-order valence-corrected chi connectivity index (χ4v) is 2.90. The number of halogens is 1. The van der Waals surface area contributed by atoms with Gasteiger partial charge in [-0.15, -0.1) is 0 Å². The zero-order valence-electron chi connectivity index (χ0n) is 15.0. The van der Waals surface area contributed by atoms with Gasteiger partial charge in [-0.1, -0.05) is 41.4 Å². The summed E-state index contributed by atoms with van der Waals surface area (Å²) in [6, 6.07) is 15.4. The van der Waals surface area contributed by atoms with Crippen LogP contribution in [0.5, 0.6) is 0 Å². The average Bonchev–Trinajstić information content (AvgIpc) is 2.63. The molecule has 0 aliphatic carbocycles. The molecule has 2 aromatic carbocycles. The van der Waals surface area contributed by atoms with Crippen LogP contribution in [0, 0.1) is 18.3 Å². The molecule has 5 heteroatoms.